The van der Waals surface area contributed by atoms with Gasteiger partial charge in [-0.05, 0) is 41.5 Å². The van der Waals surface area contributed by atoms with E-state index in [1.807, 2.05) is 22.6 Å². The van der Waals surface area contributed by atoms with Crippen molar-refractivity contribution in [3.63, 3.8) is 0 Å². The second kappa shape index (κ2) is 5.83. The maximum absolute atomic E-state index is 12.3. The van der Waals surface area contributed by atoms with E-state index < -0.39 is 4.92 Å². The molecule has 0 saturated carbocycles. The summed E-state index contributed by atoms with van der Waals surface area (Å²) in [5.41, 5.74) is 6.35. The van der Waals surface area contributed by atoms with Gasteiger partial charge in [0, 0.05) is 34.8 Å². The van der Waals surface area contributed by atoms with Gasteiger partial charge in [-0.3, -0.25) is 14.9 Å². The fraction of sp³-hybridized carbons (Fsp3) is 0.417. The van der Waals surface area contributed by atoms with Crippen molar-refractivity contribution in [1.29, 1.82) is 0 Å². The molecule has 7 heteroatoms. The highest BCUT2D eigenvalue weighted by molar-refractivity contribution is 14.1. The molecule has 1 aliphatic heterocycles. The first kappa shape index (κ1) is 14.2. The van der Waals surface area contributed by atoms with E-state index in [1.54, 1.807) is 4.90 Å². The molecule has 1 atom stereocenters. The standard InChI is InChI=1S/C12H14IN3O3/c13-11-6-9(16(18)19)3-4-10(11)12(17)15-5-1-2-8(14)7-15/h3-4,6,8H,1-2,5,7,14H2. The largest absolute Gasteiger partial charge is 0.337 e. The number of carbonyl (C=O) groups excluding carboxylic acids is 1. The van der Waals surface area contributed by atoms with Gasteiger partial charge in [0.2, 0.25) is 0 Å². The summed E-state index contributed by atoms with van der Waals surface area (Å²) in [4.78, 5) is 24.3. The van der Waals surface area contributed by atoms with Crippen LogP contribution in [0.25, 0.3) is 0 Å². The Balaban J connectivity index is 2.21. The van der Waals surface area contributed by atoms with Crippen LogP contribution in [0.3, 0.4) is 0 Å². The van der Waals surface area contributed by atoms with Gasteiger partial charge in [0.15, 0.2) is 0 Å². The summed E-state index contributed by atoms with van der Waals surface area (Å²) in [7, 11) is 0. The van der Waals surface area contributed by atoms with Crippen LogP contribution in [0.4, 0.5) is 5.69 Å². The molecule has 1 aromatic rings. The number of nitrogens with two attached hydrogens (primary N) is 1. The zero-order chi connectivity index (χ0) is 14.0. The number of likely N-dealkylation sites (tertiary alicyclic amines) is 1. The van der Waals surface area contributed by atoms with Crippen LogP contribution in [0.5, 0.6) is 0 Å². The van der Waals surface area contributed by atoms with E-state index >= 15 is 0 Å². The van der Waals surface area contributed by atoms with Crippen LogP contribution in [0.1, 0.15) is 23.2 Å². The molecule has 0 aromatic heterocycles. The topological polar surface area (TPSA) is 89.5 Å². The molecule has 6 nitrogen and oxygen atoms in total. The van der Waals surface area contributed by atoms with E-state index in [0.717, 1.165) is 12.8 Å². The van der Waals surface area contributed by atoms with Crippen molar-refractivity contribution in [3.05, 3.63) is 37.4 Å². The lowest BCUT2D eigenvalue weighted by Gasteiger charge is -2.31. The van der Waals surface area contributed by atoms with Gasteiger partial charge in [-0.25, -0.2) is 0 Å². The molecule has 1 heterocycles. The molecule has 0 spiro atoms. The molecule has 1 aromatic carbocycles. The molecule has 1 saturated heterocycles. The number of non-ortho nitro benzene ring substituents is 1. The van der Waals surface area contributed by atoms with E-state index in [0.29, 0.717) is 22.2 Å². The van der Waals surface area contributed by atoms with Crippen LogP contribution >= 0.6 is 22.6 Å². The van der Waals surface area contributed by atoms with Crippen molar-refractivity contribution in [1.82, 2.24) is 4.90 Å². The van der Waals surface area contributed by atoms with Crippen molar-refractivity contribution in [2.45, 2.75) is 18.9 Å². The lowest BCUT2D eigenvalue weighted by molar-refractivity contribution is -0.384. The third kappa shape index (κ3) is 3.21. The number of carbonyl (C=O) groups is 1. The highest BCUT2D eigenvalue weighted by Crippen LogP contribution is 2.22. The highest BCUT2D eigenvalue weighted by Gasteiger charge is 2.24. The molecule has 1 fully saturated rings. The fourth-order valence-corrected chi connectivity index (χ4v) is 2.89. The van der Waals surface area contributed by atoms with Crippen molar-refractivity contribution >= 4 is 34.2 Å². The second-order valence-electron chi connectivity index (χ2n) is 4.57. The van der Waals surface area contributed by atoms with Crippen molar-refractivity contribution in [2.75, 3.05) is 13.1 Å². The van der Waals surface area contributed by atoms with Gasteiger partial charge in [0.25, 0.3) is 11.6 Å². The number of benzene rings is 1. The van der Waals surface area contributed by atoms with Crippen LogP contribution in [-0.2, 0) is 0 Å². The molecule has 1 aliphatic rings. The maximum Gasteiger partial charge on any atom is 0.270 e. The van der Waals surface area contributed by atoms with Crippen molar-refractivity contribution in [2.24, 2.45) is 5.73 Å². The SMILES string of the molecule is NC1CCCN(C(=O)c2ccc([N+](=O)[O-])cc2I)C1. The summed E-state index contributed by atoms with van der Waals surface area (Å²) < 4.78 is 0.593. The molecule has 19 heavy (non-hydrogen) atoms. The molecule has 0 bridgehead atoms. The van der Waals surface area contributed by atoms with Gasteiger partial charge in [-0.15, -0.1) is 0 Å². The summed E-state index contributed by atoms with van der Waals surface area (Å²) in [6.45, 7) is 1.24. The first-order valence-electron chi connectivity index (χ1n) is 5.98. The number of rotatable bonds is 2. The highest BCUT2D eigenvalue weighted by atomic mass is 127. The zero-order valence-corrected chi connectivity index (χ0v) is 12.4. The Morgan fingerprint density at radius 2 is 2.26 bits per heavy atom. The summed E-state index contributed by atoms with van der Waals surface area (Å²) >= 11 is 1.95. The van der Waals surface area contributed by atoms with Gasteiger partial charge in [0.05, 0.1) is 10.5 Å². The summed E-state index contributed by atoms with van der Waals surface area (Å²) in [6.07, 6.45) is 1.83. The normalized spacial score (nSPS) is 19.3. The van der Waals surface area contributed by atoms with Crippen LogP contribution < -0.4 is 5.73 Å². The van der Waals surface area contributed by atoms with Crippen LogP contribution in [-0.4, -0.2) is 34.9 Å². The molecular formula is C12H14IN3O3. The van der Waals surface area contributed by atoms with Gasteiger partial charge >= 0.3 is 0 Å². The van der Waals surface area contributed by atoms with Crippen LogP contribution in [0, 0.1) is 13.7 Å². The number of nitrogens with zero attached hydrogens (tertiary/aromatic N) is 2. The van der Waals surface area contributed by atoms with Gasteiger partial charge in [-0.1, -0.05) is 0 Å². The molecule has 0 radical (unpaired) electrons. The Bertz CT molecular complexity index is 521. The van der Waals surface area contributed by atoms with Crippen molar-refractivity contribution < 1.29 is 9.72 Å². The Morgan fingerprint density at radius 3 is 2.84 bits per heavy atom. The summed E-state index contributed by atoms with van der Waals surface area (Å²) in [5.74, 6) is -0.102. The van der Waals surface area contributed by atoms with Gasteiger partial charge in [0.1, 0.15) is 0 Å². The minimum absolute atomic E-state index is 0.00343. The minimum Gasteiger partial charge on any atom is -0.337 e. The van der Waals surface area contributed by atoms with Gasteiger partial charge in [-0.2, -0.15) is 0 Å². The van der Waals surface area contributed by atoms with E-state index in [4.69, 9.17) is 5.73 Å². The number of nitro groups is 1. The molecule has 2 N–H and O–H groups in total. The molecule has 1 unspecified atom stereocenters. The quantitative estimate of drug-likeness (QED) is 0.485. The zero-order valence-electron chi connectivity index (χ0n) is 10.2. The molecule has 0 aliphatic carbocycles. The predicted octanol–water partition coefficient (Wildman–Crippen LogP) is 1.76. The average molecular weight is 375 g/mol. The monoisotopic (exact) mass is 375 g/mol. The Kier molecular flexibility index (Phi) is 4.35. The maximum atomic E-state index is 12.3. The van der Waals surface area contributed by atoms with E-state index in [-0.39, 0.29) is 17.6 Å². The lowest BCUT2D eigenvalue weighted by atomic mass is 10.1. The Morgan fingerprint density at radius 1 is 1.53 bits per heavy atom. The Labute approximate surface area is 124 Å². The summed E-state index contributed by atoms with van der Waals surface area (Å²) in [5, 5.41) is 10.7. The fourth-order valence-electron chi connectivity index (χ4n) is 2.16. The number of piperidine rings is 1. The van der Waals surface area contributed by atoms with E-state index in [1.165, 1.54) is 18.2 Å². The molecule has 1 amide bonds. The number of hydrogen-bond donors (Lipinski definition) is 1. The number of amides is 1. The van der Waals surface area contributed by atoms with E-state index in [9.17, 15) is 14.9 Å². The molecular weight excluding hydrogens is 361 g/mol. The van der Waals surface area contributed by atoms with Gasteiger partial charge < -0.3 is 10.6 Å². The van der Waals surface area contributed by atoms with Crippen molar-refractivity contribution in [3.8, 4) is 0 Å². The minimum atomic E-state index is -0.465. The third-order valence-corrected chi connectivity index (χ3v) is 4.03. The molecule has 102 valence electrons. The second-order valence-corrected chi connectivity index (χ2v) is 5.74. The first-order chi connectivity index (χ1) is 8.99. The summed E-state index contributed by atoms with van der Waals surface area (Å²) in [6, 6.07) is 4.31. The number of nitro benzene ring substituents is 1. The average Bonchev–Trinajstić information content (AvgIpc) is 2.37. The smallest absolute Gasteiger partial charge is 0.270 e. The van der Waals surface area contributed by atoms with E-state index in [2.05, 4.69) is 0 Å². The third-order valence-electron chi connectivity index (χ3n) is 3.14. The van der Waals surface area contributed by atoms with Crippen LogP contribution in [0.15, 0.2) is 18.2 Å². The molecule has 2 rings (SSSR count). The Hall–Kier alpha value is -1.22. The number of hydrogen-bond acceptors (Lipinski definition) is 4. The first-order valence-corrected chi connectivity index (χ1v) is 7.05. The van der Waals surface area contributed by atoms with Crippen LogP contribution in [0.2, 0.25) is 0 Å². The number of halogens is 1. The predicted molar refractivity (Wildman–Crippen MR) is 78.9 cm³/mol. The lowest BCUT2D eigenvalue weighted by Crippen LogP contribution is -2.45.